The fourth-order valence-corrected chi connectivity index (χ4v) is 6.83. The smallest absolute Gasteiger partial charge is 0.250 e. The van der Waals surface area contributed by atoms with E-state index in [1.807, 2.05) is 35.9 Å². The van der Waals surface area contributed by atoms with Crippen LogP contribution < -0.4 is 10.2 Å². The van der Waals surface area contributed by atoms with Crippen molar-refractivity contribution in [3.63, 3.8) is 0 Å². The molecule has 0 bridgehead atoms. The van der Waals surface area contributed by atoms with Gasteiger partial charge in [-0.05, 0) is 18.6 Å². The topological polar surface area (TPSA) is 80.5 Å². The van der Waals surface area contributed by atoms with Gasteiger partial charge >= 0.3 is 0 Å². The maximum atomic E-state index is 11.9. The van der Waals surface area contributed by atoms with Crippen LogP contribution in [-0.4, -0.2) is 41.4 Å². The molecule has 1 N–H and O–H groups in total. The number of nitrogens with zero attached hydrogens (tertiary/aromatic N) is 2. The van der Waals surface area contributed by atoms with Crippen LogP contribution in [0, 0.1) is 0 Å². The highest BCUT2D eigenvalue weighted by Crippen LogP contribution is 2.23. The van der Waals surface area contributed by atoms with Gasteiger partial charge in [0, 0.05) is 12.3 Å². The zero-order valence-electron chi connectivity index (χ0n) is 12.6. The lowest BCUT2D eigenvalue weighted by atomic mass is 10.3. The van der Waals surface area contributed by atoms with Gasteiger partial charge in [0.25, 0.3) is 0 Å². The number of thiazole rings is 1. The highest BCUT2D eigenvalue weighted by atomic mass is 32.2. The van der Waals surface area contributed by atoms with Gasteiger partial charge in [0.15, 0.2) is 9.84 Å². The van der Waals surface area contributed by atoms with E-state index in [1.165, 1.54) is 23.1 Å². The number of para-hydroxylation sites is 1. The maximum absolute atomic E-state index is 11.9. The summed E-state index contributed by atoms with van der Waals surface area (Å²) in [4.78, 5) is 12.6. The number of carbonyl (C=O) groups is 1. The maximum Gasteiger partial charge on any atom is 0.250 e. The van der Waals surface area contributed by atoms with Crippen LogP contribution in [0.1, 0.15) is 6.42 Å². The fraction of sp³-hybridized carbons (Fsp3) is 0.429. The molecule has 6 nitrogen and oxygen atoms in total. The van der Waals surface area contributed by atoms with E-state index in [0.717, 1.165) is 10.2 Å². The van der Waals surface area contributed by atoms with Crippen LogP contribution in [0.2, 0.25) is 0 Å². The molecule has 1 aliphatic rings. The van der Waals surface area contributed by atoms with Crippen LogP contribution in [0.5, 0.6) is 0 Å². The zero-order chi connectivity index (χ0) is 16.4. The van der Waals surface area contributed by atoms with Crippen LogP contribution in [0.3, 0.4) is 0 Å². The molecule has 1 atom stereocenters. The molecule has 1 aromatic carbocycles. The molecule has 2 aromatic rings. The molecular formula is C14H17N3O3S3. The molecule has 9 heteroatoms. The van der Waals surface area contributed by atoms with E-state index in [-0.39, 0.29) is 28.4 Å². The molecular weight excluding hydrogens is 354 g/mol. The third kappa shape index (κ3) is 3.96. The molecule has 1 amide bonds. The monoisotopic (exact) mass is 371 g/mol. The molecule has 23 heavy (non-hydrogen) atoms. The third-order valence-corrected chi connectivity index (χ3v) is 8.03. The lowest BCUT2D eigenvalue weighted by molar-refractivity contribution is -0.118. The number of hydrogen-bond donors (Lipinski definition) is 1. The van der Waals surface area contributed by atoms with Crippen molar-refractivity contribution >= 4 is 49.1 Å². The highest BCUT2D eigenvalue weighted by molar-refractivity contribution is 8.02. The minimum Gasteiger partial charge on any atom is -0.318 e. The molecule has 1 unspecified atom stereocenters. The molecule has 2 heterocycles. The first-order chi connectivity index (χ1) is 10.9. The normalized spacial score (nSPS) is 20.9. The standard InChI is InChI=1S/C14H17N3O3S3/c1-17-11-4-2-3-5-12(11)22-14(17)16-15-13(18)8-21-10-6-7-23(19,20)9-10/h2-5,10H,6-9H2,1H3,(H,15,18)/b16-14-. The highest BCUT2D eigenvalue weighted by Gasteiger charge is 2.28. The molecule has 0 spiro atoms. The summed E-state index contributed by atoms with van der Waals surface area (Å²) in [6.07, 6.45) is 0.628. The van der Waals surface area contributed by atoms with Crippen molar-refractivity contribution in [3.05, 3.63) is 29.1 Å². The van der Waals surface area contributed by atoms with E-state index >= 15 is 0 Å². The number of hydrogen-bond acceptors (Lipinski definition) is 6. The molecule has 1 saturated heterocycles. The van der Waals surface area contributed by atoms with Crippen molar-refractivity contribution in [1.29, 1.82) is 0 Å². The largest absolute Gasteiger partial charge is 0.318 e. The average Bonchev–Trinajstić information content (AvgIpc) is 3.03. The molecule has 0 saturated carbocycles. The number of carbonyl (C=O) groups excluding carboxylic acids is 1. The summed E-state index contributed by atoms with van der Waals surface area (Å²) in [5.74, 6) is 0.414. The van der Waals surface area contributed by atoms with Gasteiger partial charge in [-0.3, -0.25) is 4.79 Å². The predicted octanol–water partition coefficient (Wildman–Crippen LogP) is 1.09. The van der Waals surface area contributed by atoms with Crippen molar-refractivity contribution in [2.24, 2.45) is 12.1 Å². The van der Waals surface area contributed by atoms with Crippen LogP contribution in [0.25, 0.3) is 10.2 Å². The Bertz CT molecular complexity index is 899. The van der Waals surface area contributed by atoms with E-state index in [2.05, 4.69) is 10.5 Å². The van der Waals surface area contributed by atoms with E-state index in [4.69, 9.17) is 0 Å². The summed E-state index contributed by atoms with van der Waals surface area (Å²) in [5, 5.41) is 4.19. The van der Waals surface area contributed by atoms with Gasteiger partial charge in [-0.25, -0.2) is 13.8 Å². The summed E-state index contributed by atoms with van der Waals surface area (Å²) in [5.41, 5.74) is 3.62. The third-order valence-electron chi connectivity index (χ3n) is 3.63. The number of rotatable bonds is 4. The summed E-state index contributed by atoms with van der Waals surface area (Å²) in [6.45, 7) is 0. The average molecular weight is 372 g/mol. The van der Waals surface area contributed by atoms with E-state index in [0.29, 0.717) is 11.2 Å². The van der Waals surface area contributed by atoms with Crippen molar-refractivity contribution in [2.45, 2.75) is 11.7 Å². The number of aromatic nitrogens is 1. The summed E-state index contributed by atoms with van der Waals surface area (Å²) in [6, 6.07) is 7.94. The summed E-state index contributed by atoms with van der Waals surface area (Å²) < 4.78 is 25.8. The van der Waals surface area contributed by atoms with Gasteiger partial charge in [-0.1, -0.05) is 23.5 Å². The Balaban J connectivity index is 1.60. The Hall–Kier alpha value is -1.32. The zero-order valence-corrected chi connectivity index (χ0v) is 15.0. The molecule has 1 fully saturated rings. The quantitative estimate of drug-likeness (QED) is 0.816. The Kier molecular flexibility index (Phi) is 4.79. The van der Waals surface area contributed by atoms with E-state index < -0.39 is 9.84 Å². The molecule has 0 aliphatic carbocycles. The predicted molar refractivity (Wildman–Crippen MR) is 94.0 cm³/mol. The van der Waals surface area contributed by atoms with Crippen LogP contribution in [-0.2, 0) is 21.7 Å². The second kappa shape index (κ2) is 6.66. The van der Waals surface area contributed by atoms with Gasteiger partial charge in [-0.15, -0.1) is 16.9 Å². The number of nitrogens with one attached hydrogen (secondary N) is 1. The van der Waals surface area contributed by atoms with Gasteiger partial charge in [-0.2, -0.15) is 0 Å². The second-order valence-corrected chi connectivity index (χ2v) is 9.92. The Morgan fingerprint density at radius 1 is 1.48 bits per heavy atom. The number of benzene rings is 1. The number of amides is 1. The minimum absolute atomic E-state index is 0.0196. The lowest BCUT2D eigenvalue weighted by Crippen LogP contribution is -2.25. The Morgan fingerprint density at radius 3 is 2.96 bits per heavy atom. The Morgan fingerprint density at radius 2 is 2.26 bits per heavy atom. The molecule has 1 aliphatic heterocycles. The number of aryl methyl sites for hydroxylation is 1. The van der Waals surface area contributed by atoms with Gasteiger partial charge in [0.05, 0.1) is 27.5 Å². The minimum atomic E-state index is -2.90. The van der Waals surface area contributed by atoms with E-state index in [1.54, 1.807) is 0 Å². The van der Waals surface area contributed by atoms with Crippen LogP contribution >= 0.6 is 23.1 Å². The first-order valence-electron chi connectivity index (χ1n) is 7.14. The fourth-order valence-electron chi connectivity index (χ4n) is 2.42. The van der Waals surface area contributed by atoms with Crippen LogP contribution in [0.4, 0.5) is 0 Å². The molecule has 3 rings (SSSR count). The van der Waals surface area contributed by atoms with Crippen molar-refractivity contribution < 1.29 is 13.2 Å². The van der Waals surface area contributed by atoms with Gasteiger partial charge in [0.2, 0.25) is 10.7 Å². The van der Waals surface area contributed by atoms with Crippen LogP contribution in [0.15, 0.2) is 29.4 Å². The number of thioether (sulfide) groups is 1. The first-order valence-corrected chi connectivity index (χ1v) is 10.8. The van der Waals surface area contributed by atoms with Crippen molar-refractivity contribution in [2.75, 3.05) is 17.3 Å². The molecule has 0 radical (unpaired) electrons. The summed E-state index contributed by atoms with van der Waals surface area (Å²) >= 11 is 2.89. The van der Waals surface area contributed by atoms with Gasteiger partial charge in [0.1, 0.15) is 0 Å². The Labute approximate surface area is 142 Å². The molecule has 124 valence electrons. The van der Waals surface area contributed by atoms with Crippen molar-refractivity contribution in [3.8, 4) is 0 Å². The van der Waals surface area contributed by atoms with E-state index in [9.17, 15) is 13.2 Å². The summed E-state index contributed by atoms with van der Waals surface area (Å²) in [7, 11) is -0.992. The van der Waals surface area contributed by atoms with Crippen molar-refractivity contribution in [1.82, 2.24) is 9.99 Å². The SMILES string of the molecule is Cn1/c(=N/NC(=O)CSC2CCS(=O)(=O)C2)sc2ccccc21. The van der Waals surface area contributed by atoms with Gasteiger partial charge < -0.3 is 4.57 Å². The number of sulfone groups is 1. The first kappa shape index (κ1) is 16.5. The molecule has 1 aromatic heterocycles. The lowest BCUT2D eigenvalue weighted by Gasteiger charge is -2.05. The second-order valence-electron chi connectivity index (χ2n) is 5.39. The number of fused-ring (bicyclic) bond motifs is 1.